The molecule has 0 bridgehead atoms. The van der Waals surface area contributed by atoms with Crippen molar-refractivity contribution in [2.45, 2.75) is 32.2 Å². The Morgan fingerprint density at radius 3 is 2.78 bits per heavy atom. The van der Waals surface area contributed by atoms with Crippen LogP contribution < -0.4 is 10.6 Å². The van der Waals surface area contributed by atoms with Crippen molar-refractivity contribution in [3.63, 3.8) is 0 Å². The lowest BCUT2D eigenvalue weighted by atomic mass is 10.1. The first-order valence-electron chi connectivity index (χ1n) is 6.14. The van der Waals surface area contributed by atoms with Crippen molar-refractivity contribution in [3.05, 3.63) is 29.8 Å². The van der Waals surface area contributed by atoms with Crippen molar-refractivity contribution in [2.75, 3.05) is 11.9 Å². The fourth-order valence-corrected chi connectivity index (χ4v) is 1.78. The summed E-state index contributed by atoms with van der Waals surface area (Å²) < 4.78 is 0. The van der Waals surface area contributed by atoms with E-state index in [2.05, 4.69) is 13.0 Å². The molecule has 1 aromatic carbocycles. The zero-order chi connectivity index (χ0) is 13.5. The lowest BCUT2D eigenvalue weighted by Gasteiger charge is -2.22. The molecular formula is C14H19N3O. The van der Waals surface area contributed by atoms with Crippen LogP contribution in [-0.2, 0) is 4.79 Å². The van der Waals surface area contributed by atoms with E-state index in [-0.39, 0.29) is 5.91 Å². The van der Waals surface area contributed by atoms with E-state index >= 15 is 0 Å². The summed E-state index contributed by atoms with van der Waals surface area (Å²) in [5.74, 6) is -0.147. The third kappa shape index (κ3) is 3.31. The third-order valence-electron chi connectivity index (χ3n) is 2.90. The van der Waals surface area contributed by atoms with Gasteiger partial charge in [-0.05, 0) is 18.6 Å². The summed E-state index contributed by atoms with van der Waals surface area (Å²) in [6, 6.07) is 8.60. The Bertz CT molecular complexity index is 451. The van der Waals surface area contributed by atoms with Gasteiger partial charge in [0.05, 0.1) is 17.3 Å². The van der Waals surface area contributed by atoms with E-state index in [1.165, 1.54) is 4.90 Å². The van der Waals surface area contributed by atoms with E-state index < -0.39 is 6.04 Å². The Kier molecular flexibility index (Phi) is 5.34. The topological polar surface area (TPSA) is 70.1 Å². The number of nitrogens with zero attached hydrogens (tertiary/aromatic N) is 2. The van der Waals surface area contributed by atoms with Crippen LogP contribution in [0.4, 0.5) is 5.69 Å². The lowest BCUT2D eigenvalue weighted by molar-refractivity contribution is -0.119. The number of carbonyl (C=O) groups excluding carboxylic acids is 1. The zero-order valence-corrected chi connectivity index (χ0v) is 10.9. The van der Waals surface area contributed by atoms with Gasteiger partial charge in [-0.3, -0.25) is 4.79 Å². The van der Waals surface area contributed by atoms with Crippen LogP contribution in [0.2, 0.25) is 0 Å². The molecule has 96 valence electrons. The first-order valence-corrected chi connectivity index (χ1v) is 6.14. The van der Waals surface area contributed by atoms with E-state index in [1.54, 1.807) is 31.3 Å². The van der Waals surface area contributed by atoms with Crippen LogP contribution in [0.25, 0.3) is 0 Å². The smallest absolute Gasteiger partial charge is 0.243 e. The lowest BCUT2D eigenvalue weighted by Crippen LogP contribution is -2.42. The van der Waals surface area contributed by atoms with Gasteiger partial charge in [-0.25, -0.2) is 0 Å². The highest BCUT2D eigenvalue weighted by Gasteiger charge is 2.20. The fraction of sp³-hybridized carbons (Fsp3) is 0.429. The van der Waals surface area contributed by atoms with Gasteiger partial charge >= 0.3 is 0 Å². The summed E-state index contributed by atoms with van der Waals surface area (Å²) in [6.45, 7) is 2.06. The summed E-state index contributed by atoms with van der Waals surface area (Å²) in [7, 11) is 1.66. The molecule has 0 spiro atoms. The second kappa shape index (κ2) is 6.77. The highest BCUT2D eigenvalue weighted by molar-refractivity contribution is 5.97. The summed E-state index contributed by atoms with van der Waals surface area (Å²) in [5.41, 5.74) is 6.95. The van der Waals surface area contributed by atoms with Crippen LogP contribution >= 0.6 is 0 Å². The van der Waals surface area contributed by atoms with Gasteiger partial charge in [0.1, 0.15) is 6.07 Å². The molecule has 4 heteroatoms. The van der Waals surface area contributed by atoms with Gasteiger partial charge in [-0.15, -0.1) is 0 Å². The molecule has 2 N–H and O–H groups in total. The van der Waals surface area contributed by atoms with Gasteiger partial charge in [0.2, 0.25) is 5.91 Å². The van der Waals surface area contributed by atoms with Gasteiger partial charge in [-0.1, -0.05) is 31.9 Å². The van der Waals surface area contributed by atoms with Crippen LogP contribution in [0.3, 0.4) is 0 Å². The van der Waals surface area contributed by atoms with E-state index in [1.807, 2.05) is 0 Å². The summed E-state index contributed by atoms with van der Waals surface area (Å²) >= 11 is 0. The number of nitriles is 1. The average molecular weight is 245 g/mol. The maximum Gasteiger partial charge on any atom is 0.243 e. The molecule has 18 heavy (non-hydrogen) atoms. The van der Waals surface area contributed by atoms with Crippen LogP contribution in [0, 0.1) is 11.3 Å². The van der Waals surface area contributed by atoms with Crippen LogP contribution in [-0.4, -0.2) is 19.0 Å². The van der Waals surface area contributed by atoms with Crippen molar-refractivity contribution < 1.29 is 4.79 Å². The molecule has 0 aromatic heterocycles. The number of likely N-dealkylation sites (N-methyl/N-ethyl adjacent to an activating group) is 1. The molecule has 0 fully saturated rings. The standard InChI is InChI=1S/C14H19N3O/c1-3-4-8-12(16)14(18)17(2)13-9-6-5-7-11(13)10-15/h5-7,9,12H,3-4,8,16H2,1-2H3/t12-/m0/s1. The van der Waals surface area contributed by atoms with Gasteiger partial charge in [-0.2, -0.15) is 5.26 Å². The quantitative estimate of drug-likeness (QED) is 0.863. The number of benzene rings is 1. The van der Waals surface area contributed by atoms with Gasteiger partial charge in [0.15, 0.2) is 0 Å². The number of rotatable bonds is 5. The Balaban J connectivity index is 2.83. The maximum atomic E-state index is 12.1. The maximum absolute atomic E-state index is 12.1. The van der Waals surface area contributed by atoms with Crippen LogP contribution in [0.5, 0.6) is 0 Å². The molecule has 4 nitrogen and oxygen atoms in total. The number of nitrogens with two attached hydrogens (primary N) is 1. The minimum atomic E-state index is -0.498. The molecule has 0 saturated carbocycles. The van der Waals surface area contributed by atoms with Crippen LogP contribution in [0.15, 0.2) is 24.3 Å². The molecule has 0 unspecified atom stereocenters. The second-order valence-electron chi connectivity index (χ2n) is 4.27. The first-order chi connectivity index (χ1) is 8.61. The number of unbranched alkanes of at least 4 members (excludes halogenated alkanes) is 1. The molecule has 0 saturated heterocycles. The Morgan fingerprint density at radius 1 is 1.50 bits per heavy atom. The van der Waals surface area contributed by atoms with Crippen molar-refractivity contribution in [1.29, 1.82) is 5.26 Å². The summed E-state index contributed by atoms with van der Waals surface area (Å²) in [4.78, 5) is 13.6. The molecule has 0 aliphatic carbocycles. The van der Waals surface area contributed by atoms with Gasteiger partial charge in [0, 0.05) is 7.05 Å². The fourth-order valence-electron chi connectivity index (χ4n) is 1.78. The number of amides is 1. The average Bonchev–Trinajstić information content (AvgIpc) is 2.42. The molecule has 1 aromatic rings. The van der Waals surface area contributed by atoms with Crippen molar-refractivity contribution in [3.8, 4) is 6.07 Å². The number of hydrogen-bond acceptors (Lipinski definition) is 3. The third-order valence-corrected chi connectivity index (χ3v) is 2.90. The minimum absolute atomic E-state index is 0.147. The van der Waals surface area contributed by atoms with Crippen molar-refractivity contribution in [1.82, 2.24) is 0 Å². The molecule has 0 aliphatic rings. The highest BCUT2D eigenvalue weighted by Crippen LogP contribution is 2.19. The predicted octanol–water partition coefficient (Wildman–Crippen LogP) is 2.04. The van der Waals surface area contributed by atoms with Crippen LogP contribution in [0.1, 0.15) is 31.7 Å². The van der Waals surface area contributed by atoms with E-state index in [0.29, 0.717) is 17.7 Å². The SMILES string of the molecule is CCCC[C@H](N)C(=O)N(C)c1ccccc1C#N. The Hall–Kier alpha value is -1.86. The molecule has 1 amide bonds. The predicted molar refractivity (Wildman–Crippen MR) is 72.1 cm³/mol. The van der Waals surface area contributed by atoms with Crippen molar-refractivity contribution >= 4 is 11.6 Å². The number of para-hydroxylation sites is 1. The number of hydrogen-bond donors (Lipinski definition) is 1. The van der Waals surface area contributed by atoms with Gasteiger partial charge in [0.25, 0.3) is 0 Å². The second-order valence-corrected chi connectivity index (χ2v) is 4.27. The monoisotopic (exact) mass is 245 g/mol. The van der Waals surface area contributed by atoms with E-state index in [0.717, 1.165) is 12.8 Å². The number of anilines is 1. The molecule has 0 radical (unpaired) electrons. The number of carbonyl (C=O) groups is 1. The minimum Gasteiger partial charge on any atom is -0.320 e. The van der Waals surface area contributed by atoms with Gasteiger partial charge < -0.3 is 10.6 Å². The summed E-state index contributed by atoms with van der Waals surface area (Å²) in [6.07, 6.45) is 2.62. The molecule has 1 atom stereocenters. The van der Waals surface area contributed by atoms with Crippen molar-refractivity contribution in [2.24, 2.45) is 5.73 Å². The molecule has 0 aliphatic heterocycles. The first kappa shape index (κ1) is 14.2. The zero-order valence-electron chi connectivity index (χ0n) is 10.9. The molecular weight excluding hydrogens is 226 g/mol. The summed E-state index contributed by atoms with van der Waals surface area (Å²) in [5, 5.41) is 9.01. The Morgan fingerprint density at radius 2 is 2.17 bits per heavy atom. The normalized spacial score (nSPS) is 11.7. The Labute approximate surface area is 108 Å². The van der Waals surface area contributed by atoms with E-state index in [4.69, 9.17) is 11.0 Å². The molecule has 1 rings (SSSR count). The highest BCUT2D eigenvalue weighted by atomic mass is 16.2. The largest absolute Gasteiger partial charge is 0.320 e. The molecule has 0 heterocycles. The van der Waals surface area contributed by atoms with E-state index in [9.17, 15) is 4.79 Å².